The van der Waals surface area contributed by atoms with Gasteiger partial charge < -0.3 is 5.11 Å². The van der Waals surface area contributed by atoms with E-state index >= 15 is 0 Å². The summed E-state index contributed by atoms with van der Waals surface area (Å²) in [5.41, 5.74) is 3.54. The first-order chi connectivity index (χ1) is 10.6. The fraction of sp³-hybridized carbons (Fsp3) is 0. The van der Waals surface area contributed by atoms with Gasteiger partial charge in [-0.1, -0.05) is 42.5 Å². The SMILES string of the molecule is O=[N+]([O-])c1ccc(-c2ccc(O)cc2)c(-c2ccccc2)c1. The van der Waals surface area contributed by atoms with Crippen molar-refractivity contribution in [3.05, 3.63) is 82.9 Å². The van der Waals surface area contributed by atoms with Crippen LogP contribution < -0.4 is 0 Å². The molecule has 0 radical (unpaired) electrons. The molecule has 1 N–H and O–H groups in total. The second-order valence-corrected chi connectivity index (χ2v) is 4.90. The molecule has 4 nitrogen and oxygen atoms in total. The smallest absolute Gasteiger partial charge is 0.270 e. The van der Waals surface area contributed by atoms with Gasteiger partial charge in [-0.05, 0) is 40.5 Å². The van der Waals surface area contributed by atoms with Crippen LogP contribution in [0.3, 0.4) is 0 Å². The van der Waals surface area contributed by atoms with Crippen molar-refractivity contribution in [1.82, 2.24) is 0 Å². The second-order valence-electron chi connectivity index (χ2n) is 4.90. The number of phenols is 1. The maximum Gasteiger partial charge on any atom is 0.270 e. The third-order valence-corrected chi connectivity index (χ3v) is 3.48. The summed E-state index contributed by atoms with van der Waals surface area (Å²) in [6, 6.07) is 21.2. The number of hydrogen-bond donors (Lipinski definition) is 1. The van der Waals surface area contributed by atoms with Gasteiger partial charge in [-0.2, -0.15) is 0 Å². The summed E-state index contributed by atoms with van der Waals surface area (Å²) in [7, 11) is 0. The van der Waals surface area contributed by atoms with Gasteiger partial charge in [0.05, 0.1) is 4.92 Å². The molecule has 0 aromatic heterocycles. The van der Waals surface area contributed by atoms with Gasteiger partial charge in [0.1, 0.15) is 5.75 Å². The molecule has 0 spiro atoms. The van der Waals surface area contributed by atoms with Crippen molar-refractivity contribution in [2.45, 2.75) is 0 Å². The van der Waals surface area contributed by atoms with Crippen LogP contribution >= 0.6 is 0 Å². The zero-order valence-electron chi connectivity index (χ0n) is 11.6. The van der Waals surface area contributed by atoms with Crippen molar-refractivity contribution < 1.29 is 10.0 Å². The van der Waals surface area contributed by atoms with E-state index in [4.69, 9.17) is 0 Å². The summed E-state index contributed by atoms with van der Waals surface area (Å²) in [5, 5.41) is 20.5. The molecular weight excluding hydrogens is 278 g/mol. The van der Waals surface area contributed by atoms with Crippen molar-refractivity contribution in [3.63, 3.8) is 0 Å². The lowest BCUT2D eigenvalue weighted by Gasteiger charge is -2.10. The van der Waals surface area contributed by atoms with Gasteiger partial charge in [0.15, 0.2) is 0 Å². The van der Waals surface area contributed by atoms with Crippen LogP contribution in [0.5, 0.6) is 5.75 Å². The Kier molecular flexibility index (Phi) is 3.58. The molecule has 0 aliphatic carbocycles. The number of phenolic OH excluding ortho intramolecular Hbond substituents is 1. The van der Waals surface area contributed by atoms with Crippen LogP contribution in [-0.2, 0) is 0 Å². The van der Waals surface area contributed by atoms with E-state index in [1.807, 2.05) is 30.3 Å². The molecule has 0 aliphatic heterocycles. The molecule has 4 heteroatoms. The normalized spacial score (nSPS) is 10.4. The van der Waals surface area contributed by atoms with E-state index in [-0.39, 0.29) is 11.4 Å². The standard InChI is InChI=1S/C18H13NO3/c20-16-9-6-14(7-10-16)17-11-8-15(19(21)22)12-18(17)13-4-2-1-3-5-13/h1-12,20H. The number of nitro groups is 1. The zero-order chi connectivity index (χ0) is 15.5. The largest absolute Gasteiger partial charge is 0.508 e. The fourth-order valence-corrected chi connectivity index (χ4v) is 2.40. The summed E-state index contributed by atoms with van der Waals surface area (Å²) in [5.74, 6) is 0.187. The Labute approximate surface area is 127 Å². The highest BCUT2D eigenvalue weighted by Gasteiger charge is 2.13. The lowest BCUT2D eigenvalue weighted by Crippen LogP contribution is -1.91. The summed E-state index contributed by atoms with van der Waals surface area (Å²) in [6.07, 6.45) is 0. The lowest BCUT2D eigenvalue weighted by molar-refractivity contribution is -0.384. The van der Waals surface area contributed by atoms with Crippen molar-refractivity contribution in [2.75, 3.05) is 0 Å². The first kappa shape index (κ1) is 13.8. The van der Waals surface area contributed by atoms with Crippen molar-refractivity contribution >= 4 is 5.69 Å². The molecule has 3 aromatic rings. The van der Waals surface area contributed by atoms with Crippen LogP contribution in [-0.4, -0.2) is 10.0 Å². The van der Waals surface area contributed by atoms with Gasteiger partial charge in [0.2, 0.25) is 0 Å². The van der Waals surface area contributed by atoms with Crippen LogP contribution in [0, 0.1) is 10.1 Å². The molecule has 0 unspecified atom stereocenters. The predicted molar refractivity (Wildman–Crippen MR) is 85.6 cm³/mol. The van der Waals surface area contributed by atoms with Crippen LogP contribution in [0.15, 0.2) is 72.8 Å². The fourth-order valence-electron chi connectivity index (χ4n) is 2.40. The molecular formula is C18H13NO3. The Morgan fingerprint density at radius 1 is 0.773 bits per heavy atom. The molecule has 22 heavy (non-hydrogen) atoms. The van der Waals surface area contributed by atoms with Gasteiger partial charge in [0.25, 0.3) is 5.69 Å². The highest BCUT2D eigenvalue weighted by Crippen LogP contribution is 2.35. The Morgan fingerprint density at radius 3 is 2.05 bits per heavy atom. The van der Waals surface area contributed by atoms with E-state index in [0.29, 0.717) is 0 Å². The average molecular weight is 291 g/mol. The minimum Gasteiger partial charge on any atom is -0.508 e. The maximum atomic E-state index is 11.0. The predicted octanol–water partition coefficient (Wildman–Crippen LogP) is 4.63. The minimum atomic E-state index is -0.396. The van der Waals surface area contributed by atoms with Gasteiger partial charge >= 0.3 is 0 Å². The summed E-state index contributed by atoms with van der Waals surface area (Å²) < 4.78 is 0. The minimum absolute atomic E-state index is 0.0568. The third kappa shape index (κ3) is 2.67. The van der Waals surface area contributed by atoms with Crippen LogP contribution in [0.25, 0.3) is 22.3 Å². The average Bonchev–Trinajstić information content (AvgIpc) is 2.56. The Bertz CT molecular complexity index is 811. The van der Waals surface area contributed by atoms with Gasteiger partial charge in [-0.15, -0.1) is 0 Å². The number of nitrogens with zero attached hydrogens (tertiary/aromatic N) is 1. The van der Waals surface area contributed by atoms with E-state index in [1.54, 1.807) is 36.4 Å². The number of aromatic hydroxyl groups is 1. The summed E-state index contributed by atoms with van der Waals surface area (Å²) in [4.78, 5) is 10.7. The van der Waals surface area contributed by atoms with E-state index in [1.165, 1.54) is 6.07 Å². The Hall–Kier alpha value is -3.14. The molecule has 0 saturated carbocycles. The number of benzene rings is 3. The van der Waals surface area contributed by atoms with Gasteiger partial charge in [-0.3, -0.25) is 10.1 Å². The van der Waals surface area contributed by atoms with Crippen molar-refractivity contribution in [3.8, 4) is 28.0 Å². The monoisotopic (exact) mass is 291 g/mol. The second kappa shape index (κ2) is 5.69. The van der Waals surface area contributed by atoms with Crippen LogP contribution in [0.2, 0.25) is 0 Å². The molecule has 108 valence electrons. The molecule has 3 rings (SSSR count). The number of hydrogen-bond acceptors (Lipinski definition) is 3. The lowest BCUT2D eigenvalue weighted by atomic mass is 9.94. The van der Waals surface area contributed by atoms with Crippen molar-refractivity contribution in [2.24, 2.45) is 0 Å². The molecule has 0 saturated heterocycles. The third-order valence-electron chi connectivity index (χ3n) is 3.48. The number of nitro benzene ring substituents is 1. The molecule has 0 aliphatic rings. The topological polar surface area (TPSA) is 63.4 Å². The molecule has 0 bridgehead atoms. The van der Waals surface area contributed by atoms with Crippen LogP contribution in [0.1, 0.15) is 0 Å². The molecule has 3 aromatic carbocycles. The summed E-state index contributed by atoms with van der Waals surface area (Å²) >= 11 is 0. The Morgan fingerprint density at radius 2 is 1.41 bits per heavy atom. The number of rotatable bonds is 3. The highest BCUT2D eigenvalue weighted by atomic mass is 16.6. The van der Waals surface area contributed by atoms with Crippen molar-refractivity contribution in [1.29, 1.82) is 0 Å². The van der Waals surface area contributed by atoms with E-state index in [0.717, 1.165) is 22.3 Å². The molecule has 0 amide bonds. The van der Waals surface area contributed by atoms with Gasteiger partial charge in [-0.25, -0.2) is 0 Å². The Balaban J connectivity index is 2.21. The first-order valence-corrected chi connectivity index (χ1v) is 6.78. The van der Waals surface area contributed by atoms with E-state index < -0.39 is 4.92 Å². The van der Waals surface area contributed by atoms with Gasteiger partial charge in [0, 0.05) is 12.1 Å². The van der Waals surface area contributed by atoms with Crippen LogP contribution in [0.4, 0.5) is 5.69 Å². The maximum absolute atomic E-state index is 11.0. The van der Waals surface area contributed by atoms with E-state index in [2.05, 4.69) is 0 Å². The highest BCUT2D eigenvalue weighted by molar-refractivity contribution is 5.85. The molecule has 0 fully saturated rings. The first-order valence-electron chi connectivity index (χ1n) is 6.78. The van der Waals surface area contributed by atoms with E-state index in [9.17, 15) is 15.2 Å². The quantitative estimate of drug-likeness (QED) is 0.565. The molecule has 0 atom stereocenters. The summed E-state index contributed by atoms with van der Waals surface area (Å²) in [6.45, 7) is 0. The number of non-ortho nitro benzene ring substituents is 1. The molecule has 0 heterocycles. The zero-order valence-corrected chi connectivity index (χ0v) is 11.6.